The van der Waals surface area contributed by atoms with Crippen LogP contribution in [0.25, 0.3) is 0 Å². The summed E-state index contributed by atoms with van der Waals surface area (Å²) in [5.74, 6) is 0. The molecule has 85 valence electrons. The van der Waals surface area contributed by atoms with E-state index in [1.807, 2.05) is 0 Å². The van der Waals surface area contributed by atoms with Gasteiger partial charge in [-0.1, -0.05) is 6.92 Å². The van der Waals surface area contributed by atoms with Gasteiger partial charge >= 0.3 is 8.80 Å². The number of rotatable bonds is 4. The second-order valence-corrected chi connectivity index (χ2v) is 5.71. The predicted molar refractivity (Wildman–Crippen MR) is 42.0 cm³/mol. The van der Waals surface area contributed by atoms with Gasteiger partial charge in [-0.05, 0) is 6.42 Å². The number of hydrogen-bond acceptors (Lipinski definition) is 8. The predicted octanol–water partition coefficient (Wildman–Crippen LogP) is -4.55. The zero-order valence-electron chi connectivity index (χ0n) is 7.28. The molecule has 0 amide bonds. The number of hydrogen-bond donors (Lipinski definition) is 8. The van der Waals surface area contributed by atoms with Crippen molar-refractivity contribution in [1.29, 1.82) is 0 Å². The molecule has 1 radical (unpaired) electrons. The first-order chi connectivity index (χ1) is 5.93. The van der Waals surface area contributed by atoms with Crippen molar-refractivity contribution in [3.63, 3.8) is 0 Å². The van der Waals surface area contributed by atoms with Crippen molar-refractivity contribution in [2.45, 2.75) is 29.9 Å². The minimum atomic E-state index is -3.96. The lowest BCUT2D eigenvalue weighted by atomic mass is 10.5. The van der Waals surface area contributed by atoms with Gasteiger partial charge in [0.15, 0.2) is 5.41 Å². The molecule has 0 unspecified atom stereocenters. The molecule has 0 fully saturated rings. The van der Waals surface area contributed by atoms with E-state index in [1.165, 1.54) is 6.92 Å². The summed E-state index contributed by atoms with van der Waals surface area (Å²) in [5.41, 5.74) is -10.5. The van der Waals surface area contributed by atoms with Gasteiger partial charge in [-0.15, -0.1) is 0 Å². The van der Waals surface area contributed by atoms with E-state index >= 15 is 0 Å². The molecule has 8 N–H and O–H groups in total. The molecule has 0 aromatic carbocycles. The smallest absolute Gasteiger partial charge is 0.346 e. The van der Waals surface area contributed by atoms with Crippen molar-refractivity contribution >= 4 is 8.80 Å². The summed E-state index contributed by atoms with van der Waals surface area (Å²) < 4.78 is 0. The van der Waals surface area contributed by atoms with Gasteiger partial charge in [0, 0.05) is 0 Å². The first-order valence-electron chi connectivity index (χ1n) is 3.60. The third-order valence-electron chi connectivity index (χ3n) is 1.56. The van der Waals surface area contributed by atoms with Gasteiger partial charge in [-0.2, -0.15) is 0 Å². The first kappa shape index (κ1) is 13.9. The Hall–Kier alpha value is -0.103. The fraction of sp³-hybridized carbons (Fsp3) is 1.00. The normalized spacial score (nSPS) is 15.0. The van der Waals surface area contributed by atoms with Crippen LogP contribution in [-0.4, -0.2) is 66.3 Å². The summed E-state index contributed by atoms with van der Waals surface area (Å²) in [6.45, 7) is 1.17. The van der Waals surface area contributed by atoms with Gasteiger partial charge in [-0.25, -0.2) is 0 Å². The van der Waals surface area contributed by atoms with Crippen molar-refractivity contribution in [2.24, 2.45) is 0 Å². The lowest BCUT2D eigenvalue weighted by molar-refractivity contribution is -0.310. The third kappa shape index (κ3) is 3.24. The summed E-state index contributed by atoms with van der Waals surface area (Å²) in [5, 5.41) is 70.0. The van der Waals surface area contributed by atoms with Crippen molar-refractivity contribution in [1.82, 2.24) is 0 Å². The fourth-order valence-corrected chi connectivity index (χ4v) is 2.82. The Kier molecular flexibility index (Phi) is 3.78. The van der Waals surface area contributed by atoms with Crippen LogP contribution in [0.1, 0.15) is 13.3 Å². The Labute approximate surface area is 80.5 Å². The molecule has 0 aliphatic carbocycles. The largest absolute Gasteiger partial charge is 0.369 e. The maximum Gasteiger partial charge on any atom is 0.346 e. The molecule has 9 heteroatoms. The highest BCUT2D eigenvalue weighted by Crippen LogP contribution is 2.23. The molecular formula is C5H13O8Si. The van der Waals surface area contributed by atoms with E-state index < -0.39 is 31.8 Å². The second kappa shape index (κ2) is 3.81. The molecule has 0 bridgehead atoms. The van der Waals surface area contributed by atoms with Crippen LogP contribution in [0, 0.1) is 0 Å². The maximum absolute atomic E-state index is 9.10. The fourth-order valence-electron chi connectivity index (χ4n) is 0.939. The van der Waals surface area contributed by atoms with E-state index in [1.54, 1.807) is 0 Å². The van der Waals surface area contributed by atoms with E-state index in [0.717, 1.165) is 0 Å². The van der Waals surface area contributed by atoms with E-state index in [9.17, 15) is 0 Å². The standard InChI is InChI=1S/C5H13O8Si/c1-2-3(6,7)14(4(8,9)10)5(11,12)13/h6-13H,2H2,1H3. The molecule has 0 aliphatic heterocycles. The van der Waals surface area contributed by atoms with Crippen molar-refractivity contribution < 1.29 is 40.9 Å². The third-order valence-corrected chi connectivity index (χ3v) is 4.06. The summed E-state index contributed by atoms with van der Waals surface area (Å²) in [6.07, 6.45) is -0.547. The molecule has 0 heterocycles. The summed E-state index contributed by atoms with van der Waals surface area (Å²) in [7, 11) is -3.96. The van der Waals surface area contributed by atoms with E-state index in [4.69, 9.17) is 40.9 Å². The SMILES string of the molecule is CCC(O)(O)[Si](C(O)(O)O)C(O)(O)O. The van der Waals surface area contributed by atoms with Gasteiger partial charge in [0.05, 0.1) is 0 Å². The highest BCUT2D eigenvalue weighted by molar-refractivity contribution is 6.65. The van der Waals surface area contributed by atoms with Crippen LogP contribution in [0.3, 0.4) is 0 Å². The zero-order valence-corrected chi connectivity index (χ0v) is 8.28. The summed E-state index contributed by atoms with van der Waals surface area (Å²) >= 11 is 0. The monoisotopic (exact) mass is 229 g/mol. The van der Waals surface area contributed by atoms with Gasteiger partial charge in [0.1, 0.15) is 0 Å². The summed E-state index contributed by atoms with van der Waals surface area (Å²) in [6, 6.07) is 0. The van der Waals surface area contributed by atoms with Crippen molar-refractivity contribution in [3.8, 4) is 0 Å². The Morgan fingerprint density at radius 3 is 1.14 bits per heavy atom. The lowest BCUT2D eigenvalue weighted by Gasteiger charge is -2.37. The highest BCUT2D eigenvalue weighted by atomic mass is 28.3. The molecule has 0 saturated heterocycles. The van der Waals surface area contributed by atoms with Gasteiger partial charge in [-0.3, -0.25) is 0 Å². The minimum Gasteiger partial charge on any atom is -0.369 e. The Morgan fingerprint density at radius 1 is 0.786 bits per heavy atom. The molecule has 0 aromatic heterocycles. The van der Waals surface area contributed by atoms with E-state index in [-0.39, 0.29) is 0 Å². The summed E-state index contributed by atoms with van der Waals surface area (Å²) in [4.78, 5) is 0. The molecule has 0 saturated carbocycles. The average Bonchev–Trinajstić information content (AvgIpc) is 1.79. The Balaban J connectivity index is 5.14. The van der Waals surface area contributed by atoms with E-state index in [0.29, 0.717) is 0 Å². The van der Waals surface area contributed by atoms with Gasteiger partial charge < -0.3 is 40.9 Å². The van der Waals surface area contributed by atoms with Crippen LogP contribution in [-0.2, 0) is 0 Å². The molecule has 0 rings (SSSR count). The van der Waals surface area contributed by atoms with Gasteiger partial charge in [0.2, 0.25) is 0 Å². The molecule has 0 aliphatic rings. The van der Waals surface area contributed by atoms with Crippen LogP contribution >= 0.6 is 0 Å². The van der Waals surface area contributed by atoms with Crippen LogP contribution in [0.15, 0.2) is 0 Å². The quantitative estimate of drug-likeness (QED) is 0.176. The van der Waals surface area contributed by atoms with Gasteiger partial charge in [0.25, 0.3) is 11.2 Å². The highest BCUT2D eigenvalue weighted by Gasteiger charge is 2.61. The Morgan fingerprint density at radius 2 is 1.07 bits per heavy atom. The number of aliphatic hydroxyl groups is 8. The van der Waals surface area contributed by atoms with Crippen molar-refractivity contribution in [2.75, 3.05) is 0 Å². The maximum atomic E-state index is 9.10. The lowest BCUT2D eigenvalue weighted by Crippen LogP contribution is -2.72. The van der Waals surface area contributed by atoms with Crippen LogP contribution < -0.4 is 0 Å². The minimum absolute atomic E-state index is 0.547. The average molecular weight is 229 g/mol. The van der Waals surface area contributed by atoms with E-state index in [2.05, 4.69) is 0 Å². The molecule has 0 aromatic rings. The van der Waals surface area contributed by atoms with Crippen LogP contribution in [0.2, 0.25) is 0 Å². The molecule has 0 atom stereocenters. The first-order valence-corrected chi connectivity index (χ1v) is 5.10. The molecule has 8 nitrogen and oxygen atoms in total. The zero-order chi connectivity index (χ0) is 11.8. The van der Waals surface area contributed by atoms with Crippen LogP contribution in [0.4, 0.5) is 0 Å². The topological polar surface area (TPSA) is 162 Å². The van der Waals surface area contributed by atoms with Crippen LogP contribution in [0.5, 0.6) is 0 Å². The molecular weight excluding hydrogens is 216 g/mol. The van der Waals surface area contributed by atoms with Crippen molar-refractivity contribution in [3.05, 3.63) is 0 Å². The molecule has 14 heavy (non-hydrogen) atoms. The Bertz CT molecular complexity index is 177. The second-order valence-electron chi connectivity index (χ2n) is 2.82. The molecule has 0 spiro atoms.